The van der Waals surface area contributed by atoms with Crippen molar-refractivity contribution in [3.05, 3.63) is 59.4 Å². The van der Waals surface area contributed by atoms with Gasteiger partial charge in [-0.25, -0.2) is 4.39 Å². The predicted molar refractivity (Wildman–Crippen MR) is 69.9 cm³/mol. The van der Waals surface area contributed by atoms with Crippen molar-refractivity contribution in [3.63, 3.8) is 0 Å². The molecule has 0 aromatic heterocycles. The summed E-state index contributed by atoms with van der Waals surface area (Å²) in [5, 5.41) is 2.58. The van der Waals surface area contributed by atoms with Gasteiger partial charge in [0, 0.05) is 5.56 Å². The number of para-hydroxylation sites is 1. The molecule has 0 aliphatic carbocycles. The molecule has 0 fully saturated rings. The van der Waals surface area contributed by atoms with E-state index in [1.807, 2.05) is 19.1 Å². The summed E-state index contributed by atoms with van der Waals surface area (Å²) >= 11 is 0. The average Bonchev–Trinajstić information content (AvgIpc) is 2.36. The highest BCUT2D eigenvalue weighted by Crippen LogP contribution is 2.21. The number of hydrogen-bond donors (Lipinski definition) is 2. The number of anilines is 2. The van der Waals surface area contributed by atoms with Gasteiger partial charge in [0.1, 0.15) is 5.82 Å². The Balaban J connectivity index is 2.21. The van der Waals surface area contributed by atoms with E-state index in [1.165, 1.54) is 12.1 Å². The standard InChI is InChI=1S/C14H13FN2O/c1-9-5-7-10(8-6-9)14(18)17-12-4-2-3-11(15)13(12)16/h2-8H,16H2,1H3,(H,17,18). The molecule has 0 unspecified atom stereocenters. The van der Waals surface area contributed by atoms with Gasteiger partial charge in [-0.2, -0.15) is 0 Å². The molecule has 0 heterocycles. The van der Waals surface area contributed by atoms with Crippen LogP contribution < -0.4 is 11.1 Å². The fraction of sp³-hybridized carbons (Fsp3) is 0.0714. The molecule has 0 aliphatic heterocycles. The zero-order chi connectivity index (χ0) is 13.1. The maximum atomic E-state index is 13.2. The molecule has 1 amide bonds. The number of amides is 1. The molecule has 2 aromatic carbocycles. The summed E-state index contributed by atoms with van der Waals surface area (Å²) in [6.07, 6.45) is 0. The Bertz CT molecular complexity index is 579. The summed E-state index contributed by atoms with van der Waals surface area (Å²) in [5.41, 5.74) is 7.33. The normalized spacial score (nSPS) is 10.1. The molecule has 0 atom stereocenters. The van der Waals surface area contributed by atoms with Gasteiger partial charge in [0.2, 0.25) is 0 Å². The molecule has 0 radical (unpaired) electrons. The lowest BCUT2D eigenvalue weighted by Crippen LogP contribution is -2.13. The van der Waals surface area contributed by atoms with E-state index in [0.717, 1.165) is 5.56 Å². The smallest absolute Gasteiger partial charge is 0.255 e. The van der Waals surface area contributed by atoms with E-state index in [4.69, 9.17) is 5.73 Å². The molecule has 3 N–H and O–H groups in total. The second-order valence-electron chi connectivity index (χ2n) is 4.02. The first-order chi connectivity index (χ1) is 8.58. The lowest BCUT2D eigenvalue weighted by Gasteiger charge is -2.08. The van der Waals surface area contributed by atoms with Gasteiger partial charge in [0.05, 0.1) is 11.4 Å². The number of benzene rings is 2. The third-order valence-electron chi connectivity index (χ3n) is 2.61. The highest BCUT2D eigenvalue weighted by atomic mass is 19.1. The fourth-order valence-corrected chi connectivity index (χ4v) is 1.55. The molecule has 3 nitrogen and oxygen atoms in total. The Morgan fingerprint density at radius 3 is 2.50 bits per heavy atom. The van der Waals surface area contributed by atoms with Gasteiger partial charge >= 0.3 is 0 Å². The molecule has 4 heteroatoms. The van der Waals surface area contributed by atoms with Gasteiger partial charge in [-0.3, -0.25) is 4.79 Å². The molecule has 92 valence electrons. The lowest BCUT2D eigenvalue weighted by molar-refractivity contribution is 0.102. The highest BCUT2D eigenvalue weighted by Gasteiger charge is 2.09. The number of aryl methyl sites for hydroxylation is 1. The van der Waals surface area contributed by atoms with Crippen LogP contribution in [0.2, 0.25) is 0 Å². The van der Waals surface area contributed by atoms with E-state index in [-0.39, 0.29) is 17.3 Å². The van der Waals surface area contributed by atoms with Crippen LogP contribution in [0.5, 0.6) is 0 Å². The number of carbonyl (C=O) groups is 1. The van der Waals surface area contributed by atoms with Crippen LogP contribution in [-0.4, -0.2) is 5.91 Å². The molecule has 2 rings (SSSR count). The minimum atomic E-state index is -0.545. The van der Waals surface area contributed by atoms with Crippen molar-refractivity contribution in [1.29, 1.82) is 0 Å². The van der Waals surface area contributed by atoms with Crippen molar-refractivity contribution in [2.45, 2.75) is 6.92 Å². The summed E-state index contributed by atoms with van der Waals surface area (Å²) in [7, 11) is 0. The maximum Gasteiger partial charge on any atom is 0.255 e. The fourth-order valence-electron chi connectivity index (χ4n) is 1.55. The summed E-state index contributed by atoms with van der Waals surface area (Å²) < 4.78 is 13.2. The van der Waals surface area contributed by atoms with Crippen LogP contribution in [0.4, 0.5) is 15.8 Å². The van der Waals surface area contributed by atoms with Gasteiger partial charge in [-0.1, -0.05) is 23.8 Å². The van der Waals surface area contributed by atoms with Crippen molar-refractivity contribution in [2.24, 2.45) is 0 Å². The molecule has 0 bridgehead atoms. The molecule has 2 aromatic rings. The SMILES string of the molecule is Cc1ccc(C(=O)Nc2cccc(F)c2N)cc1. The van der Waals surface area contributed by atoms with E-state index in [9.17, 15) is 9.18 Å². The van der Waals surface area contributed by atoms with E-state index in [1.54, 1.807) is 18.2 Å². The van der Waals surface area contributed by atoms with Crippen molar-refractivity contribution < 1.29 is 9.18 Å². The van der Waals surface area contributed by atoms with Crippen LogP contribution in [-0.2, 0) is 0 Å². The van der Waals surface area contributed by atoms with Crippen LogP contribution >= 0.6 is 0 Å². The third-order valence-corrected chi connectivity index (χ3v) is 2.61. The Morgan fingerprint density at radius 1 is 1.17 bits per heavy atom. The van der Waals surface area contributed by atoms with Gasteiger partial charge in [0.25, 0.3) is 5.91 Å². The third kappa shape index (κ3) is 2.48. The van der Waals surface area contributed by atoms with Crippen molar-refractivity contribution in [3.8, 4) is 0 Å². The molecule has 18 heavy (non-hydrogen) atoms. The second-order valence-corrected chi connectivity index (χ2v) is 4.02. The van der Waals surface area contributed by atoms with Crippen LogP contribution in [0.3, 0.4) is 0 Å². The van der Waals surface area contributed by atoms with E-state index in [0.29, 0.717) is 5.56 Å². The molecular weight excluding hydrogens is 231 g/mol. The lowest BCUT2D eigenvalue weighted by atomic mass is 10.1. The molecule has 0 aliphatic rings. The molecule has 0 spiro atoms. The Morgan fingerprint density at radius 2 is 1.83 bits per heavy atom. The minimum absolute atomic E-state index is 0.0574. The van der Waals surface area contributed by atoms with Gasteiger partial charge in [-0.15, -0.1) is 0 Å². The first kappa shape index (κ1) is 12.1. The molecule has 0 saturated carbocycles. The Labute approximate surface area is 104 Å². The predicted octanol–water partition coefficient (Wildman–Crippen LogP) is 2.97. The monoisotopic (exact) mass is 244 g/mol. The number of carbonyl (C=O) groups excluding carboxylic acids is 1. The molecule has 0 saturated heterocycles. The largest absolute Gasteiger partial charge is 0.395 e. The molecular formula is C14H13FN2O. The average molecular weight is 244 g/mol. The summed E-state index contributed by atoms with van der Waals surface area (Å²) in [6, 6.07) is 11.4. The minimum Gasteiger partial charge on any atom is -0.395 e. The van der Waals surface area contributed by atoms with Crippen molar-refractivity contribution >= 4 is 17.3 Å². The van der Waals surface area contributed by atoms with Gasteiger partial charge in [-0.05, 0) is 31.2 Å². The van der Waals surface area contributed by atoms with Crippen molar-refractivity contribution in [1.82, 2.24) is 0 Å². The number of halogens is 1. The van der Waals surface area contributed by atoms with Crippen molar-refractivity contribution in [2.75, 3.05) is 11.1 Å². The first-order valence-electron chi connectivity index (χ1n) is 5.50. The maximum absolute atomic E-state index is 13.2. The Hall–Kier alpha value is -2.36. The topological polar surface area (TPSA) is 55.1 Å². The highest BCUT2D eigenvalue weighted by molar-refractivity contribution is 6.05. The zero-order valence-corrected chi connectivity index (χ0v) is 9.91. The van der Waals surface area contributed by atoms with Crippen LogP contribution in [0.25, 0.3) is 0 Å². The van der Waals surface area contributed by atoms with E-state index in [2.05, 4.69) is 5.32 Å². The first-order valence-corrected chi connectivity index (χ1v) is 5.50. The summed E-state index contributed by atoms with van der Waals surface area (Å²) in [4.78, 5) is 11.9. The summed E-state index contributed by atoms with van der Waals surface area (Å²) in [6.45, 7) is 1.94. The van der Waals surface area contributed by atoms with Gasteiger partial charge in [0.15, 0.2) is 0 Å². The number of rotatable bonds is 2. The number of nitrogens with two attached hydrogens (primary N) is 1. The second kappa shape index (κ2) is 4.87. The van der Waals surface area contributed by atoms with Crippen LogP contribution in [0, 0.1) is 12.7 Å². The zero-order valence-electron chi connectivity index (χ0n) is 9.91. The van der Waals surface area contributed by atoms with E-state index >= 15 is 0 Å². The summed E-state index contributed by atoms with van der Waals surface area (Å²) in [5.74, 6) is -0.857. The van der Waals surface area contributed by atoms with Crippen LogP contribution in [0.1, 0.15) is 15.9 Å². The number of nitrogens with one attached hydrogen (secondary N) is 1. The van der Waals surface area contributed by atoms with Gasteiger partial charge < -0.3 is 11.1 Å². The van der Waals surface area contributed by atoms with Crippen LogP contribution in [0.15, 0.2) is 42.5 Å². The Kier molecular flexibility index (Phi) is 3.28. The number of hydrogen-bond acceptors (Lipinski definition) is 2. The van der Waals surface area contributed by atoms with E-state index < -0.39 is 5.82 Å². The quantitative estimate of drug-likeness (QED) is 0.798. The number of nitrogen functional groups attached to an aromatic ring is 1.